The molecule has 2 N–H and O–H groups in total. The van der Waals surface area contributed by atoms with E-state index in [1.165, 1.54) is 0 Å². The summed E-state index contributed by atoms with van der Waals surface area (Å²) in [4.78, 5) is 23.4. The topological polar surface area (TPSA) is 84.9 Å². The monoisotopic (exact) mass is 349 g/mol. The van der Waals surface area contributed by atoms with Gasteiger partial charge in [0.1, 0.15) is 0 Å². The molecule has 1 aliphatic carbocycles. The van der Waals surface area contributed by atoms with Crippen molar-refractivity contribution >= 4 is 11.9 Å². The second kappa shape index (κ2) is 8.23. The number of rotatable bonds is 8. The first-order valence-corrected chi connectivity index (χ1v) is 8.67. The first-order chi connectivity index (χ1) is 11.8. The van der Waals surface area contributed by atoms with E-state index in [4.69, 9.17) is 14.6 Å². The Morgan fingerprint density at radius 3 is 2.40 bits per heavy atom. The van der Waals surface area contributed by atoms with E-state index in [9.17, 15) is 9.59 Å². The Bertz CT molecular complexity index is 628. The van der Waals surface area contributed by atoms with Gasteiger partial charge in [-0.05, 0) is 43.4 Å². The fourth-order valence-electron chi connectivity index (χ4n) is 2.84. The molecule has 3 unspecified atom stereocenters. The third-order valence-electron chi connectivity index (χ3n) is 4.55. The van der Waals surface area contributed by atoms with Gasteiger partial charge in [0, 0.05) is 0 Å². The Morgan fingerprint density at radius 2 is 1.88 bits per heavy atom. The maximum absolute atomic E-state index is 12.3. The highest BCUT2D eigenvalue weighted by Crippen LogP contribution is 2.35. The summed E-state index contributed by atoms with van der Waals surface area (Å²) in [5.41, 5.74) is 0.883. The van der Waals surface area contributed by atoms with Crippen LogP contribution in [0.5, 0.6) is 11.5 Å². The lowest BCUT2D eigenvalue weighted by molar-refractivity contribution is -0.152. The fourth-order valence-corrected chi connectivity index (χ4v) is 2.84. The van der Waals surface area contributed by atoms with Gasteiger partial charge in [-0.2, -0.15) is 0 Å². The number of carboxylic acid groups (broad SMARTS) is 1. The maximum atomic E-state index is 12.3. The highest BCUT2D eigenvalue weighted by atomic mass is 16.5. The normalized spacial score (nSPS) is 20.5. The summed E-state index contributed by atoms with van der Waals surface area (Å²) in [5, 5.41) is 12.0. The molecule has 1 aromatic carbocycles. The van der Waals surface area contributed by atoms with Crippen molar-refractivity contribution in [1.29, 1.82) is 0 Å². The van der Waals surface area contributed by atoms with Gasteiger partial charge in [0.05, 0.1) is 31.6 Å². The molecule has 0 aromatic heterocycles. The zero-order valence-electron chi connectivity index (χ0n) is 15.2. The first-order valence-electron chi connectivity index (χ1n) is 8.67. The molecule has 1 aliphatic rings. The Morgan fingerprint density at radius 1 is 1.20 bits per heavy atom. The lowest BCUT2D eigenvalue weighted by Crippen LogP contribution is -2.44. The highest BCUT2D eigenvalue weighted by Gasteiger charge is 2.41. The second-order valence-corrected chi connectivity index (χ2v) is 6.97. The number of methoxy groups -OCH3 is 1. The Labute approximate surface area is 148 Å². The van der Waals surface area contributed by atoms with Gasteiger partial charge in [0.25, 0.3) is 0 Å². The number of nitrogens with one attached hydrogen (secondary N) is 1. The molecule has 6 heteroatoms. The predicted molar refractivity (Wildman–Crippen MR) is 93.7 cm³/mol. The Kier molecular flexibility index (Phi) is 6.28. The zero-order valence-corrected chi connectivity index (χ0v) is 15.2. The third-order valence-corrected chi connectivity index (χ3v) is 4.55. The molecule has 1 saturated carbocycles. The van der Waals surface area contributed by atoms with Crippen molar-refractivity contribution in [2.75, 3.05) is 13.7 Å². The average molecular weight is 349 g/mol. The van der Waals surface area contributed by atoms with E-state index in [1.54, 1.807) is 7.11 Å². The Balaban J connectivity index is 2.02. The van der Waals surface area contributed by atoms with Crippen LogP contribution in [0.1, 0.15) is 45.2 Å². The summed E-state index contributed by atoms with van der Waals surface area (Å²) in [6, 6.07) is 5.33. The summed E-state index contributed by atoms with van der Waals surface area (Å²) in [6.07, 6.45) is 1.19. The molecule has 1 amide bonds. The van der Waals surface area contributed by atoms with Crippen molar-refractivity contribution < 1.29 is 24.2 Å². The lowest BCUT2D eigenvalue weighted by Gasteiger charge is -2.33. The van der Waals surface area contributed by atoms with Crippen LogP contribution in [0.3, 0.4) is 0 Å². The molecule has 1 aromatic rings. The van der Waals surface area contributed by atoms with E-state index in [0.717, 1.165) is 5.56 Å². The largest absolute Gasteiger partial charge is 0.493 e. The molecule has 3 atom stereocenters. The molecule has 0 aliphatic heterocycles. The van der Waals surface area contributed by atoms with E-state index >= 15 is 0 Å². The van der Waals surface area contributed by atoms with Crippen molar-refractivity contribution in [2.45, 2.75) is 39.7 Å². The molecule has 25 heavy (non-hydrogen) atoms. The van der Waals surface area contributed by atoms with Crippen LogP contribution in [-0.4, -0.2) is 30.7 Å². The van der Waals surface area contributed by atoms with Crippen LogP contribution < -0.4 is 14.8 Å². The van der Waals surface area contributed by atoms with E-state index in [1.807, 2.05) is 25.1 Å². The summed E-state index contributed by atoms with van der Waals surface area (Å²) in [5.74, 6) is -0.399. The quantitative estimate of drug-likeness (QED) is 0.753. The van der Waals surface area contributed by atoms with Crippen LogP contribution in [-0.2, 0) is 9.59 Å². The SMILES string of the molecule is COc1cc(C(C)NC(=O)C2CCC2C(=O)O)ccc1OCC(C)C. The molecular weight excluding hydrogens is 322 g/mol. The third kappa shape index (κ3) is 4.65. The summed E-state index contributed by atoms with van der Waals surface area (Å²) < 4.78 is 11.1. The van der Waals surface area contributed by atoms with E-state index in [-0.39, 0.29) is 11.9 Å². The van der Waals surface area contributed by atoms with E-state index in [0.29, 0.717) is 36.9 Å². The summed E-state index contributed by atoms with van der Waals surface area (Å²) >= 11 is 0. The zero-order chi connectivity index (χ0) is 18.6. The first kappa shape index (κ1) is 19.1. The number of amides is 1. The van der Waals surface area contributed by atoms with Crippen molar-refractivity contribution in [3.05, 3.63) is 23.8 Å². The molecule has 2 rings (SSSR count). The molecule has 0 heterocycles. The second-order valence-electron chi connectivity index (χ2n) is 6.97. The van der Waals surface area contributed by atoms with Gasteiger partial charge in [0.15, 0.2) is 11.5 Å². The molecule has 0 saturated heterocycles. The lowest BCUT2D eigenvalue weighted by atomic mass is 9.73. The van der Waals surface area contributed by atoms with Crippen LogP contribution in [0.25, 0.3) is 0 Å². The number of carbonyl (C=O) groups excluding carboxylic acids is 1. The van der Waals surface area contributed by atoms with Crippen LogP contribution in [0.2, 0.25) is 0 Å². The minimum Gasteiger partial charge on any atom is -0.493 e. The Hall–Kier alpha value is -2.24. The fraction of sp³-hybridized carbons (Fsp3) is 0.579. The van der Waals surface area contributed by atoms with Gasteiger partial charge in [-0.25, -0.2) is 0 Å². The van der Waals surface area contributed by atoms with Crippen molar-refractivity contribution in [2.24, 2.45) is 17.8 Å². The highest BCUT2D eigenvalue weighted by molar-refractivity contribution is 5.86. The minimum absolute atomic E-state index is 0.203. The molecule has 0 radical (unpaired) electrons. The van der Waals surface area contributed by atoms with Crippen molar-refractivity contribution in [3.8, 4) is 11.5 Å². The predicted octanol–water partition coefficient (Wildman–Crippen LogP) is 3.02. The molecule has 1 fully saturated rings. The van der Waals surface area contributed by atoms with Gasteiger partial charge in [-0.15, -0.1) is 0 Å². The number of carbonyl (C=O) groups is 2. The van der Waals surface area contributed by atoms with Gasteiger partial charge < -0.3 is 19.9 Å². The molecule has 6 nitrogen and oxygen atoms in total. The van der Waals surface area contributed by atoms with E-state index < -0.39 is 17.8 Å². The summed E-state index contributed by atoms with van der Waals surface area (Å²) in [6.45, 7) is 6.61. The maximum Gasteiger partial charge on any atom is 0.307 e. The number of hydrogen-bond donors (Lipinski definition) is 2. The molecule has 0 spiro atoms. The number of hydrogen-bond acceptors (Lipinski definition) is 4. The van der Waals surface area contributed by atoms with Gasteiger partial charge in [0.2, 0.25) is 5.91 Å². The van der Waals surface area contributed by atoms with Crippen LogP contribution >= 0.6 is 0 Å². The number of aliphatic carboxylic acids is 1. The van der Waals surface area contributed by atoms with Crippen molar-refractivity contribution in [3.63, 3.8) is 0 Å². The molecule has 0 bridgehead atoms. The van der Waals surface area contributed by atoms with Gasteiger partial charge in [-0.1, -0.05) is 19.9 Å². The smallest absolute Gasteiger partial charge is 0.307 e. The van der Waals surface area contributed by atoms with Gasteiger partial charge >= 0.3 is 5.97 Å². The standard InChI is InChI=1S/C19H27NO5/c1-11(2)10-25-16-8-5-13(9-17(16)24-4)12(3)20-18(21)14-6-7-15(14)19(22)23/h5,8-9,11-12,14-15H,6-7,10H2,1-4H3,(H,20,21)(H,22,23). The van der Waals surface area contributed by atoms with Crippen LogP contribution in [0.4, 0.5) is 0 Å². The summed E-state index contributed by atoms with van der Waals surface area (Å²) in [7, 11) is 1.58. The van der Waals surface area contributed by atoms with Crippen LogP contribution in [0, 0.1) is 17.8 Å². The van der Waals surface area contributed by atoms with Crippen molar-refractivity contribution in [1.82, 2.24) is 5.32 Å². The average Bonchev–Trinajstić information content (AvgIpc) is 2.50. The number of carboxylic acids is 1. The van der Waals surface area contributed by atoms with Crippen LogP contribution in [0.15, 0.2) is 18.2 Å². The molecular formula is C19H27NO5. The van der Waals surface area contributed by atoms with Gasteiger partial charge in [-0.3, -0.25) is 9.59 Å². The number of ether oxygens (including phenoxy) is 2. The number of benzene rings is 1. The minimum atomic E-state index is -0.896. The van der Waals surface area contributed by atoms with E-state index in [2.05, 4.69) is 19.2 Å². The molecule has 138 valence electrons.